The van der Waals surface area contributed by atoms with Crippen LogP contribution in [0.4, 0.5) is 0 Å². The van der Waals surface area contributed by atoms with Gasteiger partial charge < -0.3 is 10.4 Å². The van der Waals surface area contributed by atoms with Crippen molar-refractivity contribution in [2.75, 3.05) is 0 Å². The molecule has 152 valence electrons. The SMILES string of the molecule is CC(NC(=O)c1nc2ccccc2nc1CCCCC(=O)O)c1ccc(C#N)cc1. The number of carbonyl (C=O) groups is 2. The van der Waals surface area contributed by atoms with E-state index in [-0.39, 0.29) is 24.1 Å². The van der Waals surface area contributed by atoms with Crippen LogP contribution < -0.4 is 5.32 Å². The van der Waals surface area contributed by atoms with Crippen LogP contribution in [0, 0.1) is 11.3 Å². The lowest BCUT2D eigenvalue weighted by Gasteiger charge is -2.16. The van der Waals surface area contributed by atoms with Gasteiger partial charge in [-0.3, -0.25) is 9.59 Å². The molecule has 1 unspecified atom stereocenters. The smallest absolute Gasteiger partial charge is 0.303 e. The molecule has 7 heteroatoms. The molecular formula is C23H22N4O3. The molecule has 30 heavy (non-hydrogen) atoms. The normalized spacial score (nSPS) is 11.6. The van der Waals surface area contributed by atoms with Gasteiger partial charge in [0.2, 0.25) is 0 Å². The van der Waals surface area contributed by atoms with E-state index in [1.54, 1.807) is 18.2 Å². The Morgan fingerprint density at radius 3 is 2.37 bits per heavy atom. The summed E-state index contributed by atoms with van der Waals surface area (Å²) in [4.78, 5) is 32.9. The lowest BCUT2D eigenvalue weighted by molar-refractivity contribution is -0.137. The van der Waals surface area contributed by atoms with Gasteiger partial charge in [0.05, 0.1) is 34.4 Å². The number of carbonyl (C=O) groups excluding carboxylic acids is 1. The van der Waals surface area contributed by atoms with Crippen molar-refractivity contribution < 1.29 is 14.7 Å². The number of carboxylic acids is 1. The quantitative estimate of drug-likeness (QED) is 0.554. The number of fused-ring (bicyclic) bond motifs is 1. The predicted molar refractivity (Wildman–Crippen MR) is 112 cm³/mol. The van der Waals surface area contributed by atoms with Crippen LogP contribution >= 0.6 is 0 Å². The van der Waals surface area contributed by atoms with Crippen LogP contribution in [0.1, 0.15) is 59.5 Å². The highest BCUT2D eigenvalue weighted by Gasteiger charge is 2.19. The number of nitriles is 1. The van der Waals surface area contributed by atoms with Crippen molar-refractivity contribution in [2.24, 2.45) is 0 Å². The van der Waals surface area contributed by atoms with E-state index in [9.17, 15) is 9.59 Å². The number of benzene rings is 2. The number of aliphatic carboxylic acids is 1. The molecule has 0 aliphatic rings. The van der Waals surface area contributed by atoms with Gasteiger partial charge >= 0.3 is 5.97 Å². The van der Waals surface area contributed by atoms with Gasteiger partial charge in [0.15, 0.2) is 0 Å². The van der Waals surface area contributed by atoms with Crippen molar-refractivity contribution in [3.8, 4) is 6.07 Å². The van der Waals surface area contributed by atoms with Crippen LogP contribution in [-0.2, 0) is 11.2 Å². The van der Waals surface area contributed by atoms with Crippen molar-refractivity contribution in [3.05, 3.63) is 71.0 Å². The lowest BCUT2D eigenvalue weighted by Crippen LogP contribution is -2.29. The second-order valence-corrected chi connectivity index (χ2v) is 7.04. The summed E-state index contributed by atoms with van der Waals surface area (Å²) < 4.78 is 0. The largest absolute Gasteiger partial charge is 0.481 e. The Bertz CT molecular complexity index is 1100. The lowest BCUT2D eigenvalue weighted by atomic mass is 10.1. The van der Waals surface area contributed by atoms with Gasteiger partial charge in [-0.1, -0.05) is 24.3 Å². The fourth-order valence-corrected chi connectivity index (χ4v) is 3.16. The van der Waals surface area contributed by atoms with Crippen molar-refractivity contribution >= 4 is 22.9 Å². The van der Waals surface area contributed by atoms with Crippen LogP contribution in [0.2, 0.25) is 0 Å². The zero-order chi connectivity index (χ0) is 21.5. The minimum absolute atomic E-state index is 0.0816. The summed E-state index contributed by atoms with van der Waals surface area (Å²) in [5.41, 5.74) is 3.57. The standard InChI is InChI=1S/C23H22N4O3/c1-15(17-12-10-16(14-24)11-13-17)25-23(30)22-20(8-4-5-9-21(28)29)26-18-6-2-3-7-19(18)27-22/h2-3,6-7,10-13,15H,4-5,8-9H2,1H3,(H,25,30)(H,28,29). The molecular weight excluding hydrogens is 380 g/mol. The van der Waals surface area contributed by atoms with E-state index in [0.717, 1.165) is 5.56 Å². The third kappa shape index (κ3) is 5.17. The van der Waals surface area contributed by atoms with E-state index < -0.39 is 5.97 Å². The Kier molecular flexibility index (Phi) is 6.71. The number of hydrogen-bond acceptors (Lipinski definition) is 5. The van der Waals surface area contributed by atoms with Crippen LogP contribution in [-0.4, -0.2) is 27.0 Å². The number of unbranched alkanes of at least 4 members (excludes halogenated alkanes) is 1. The van der Waals surface area contributed by atoms with Gasteiger partial charge in [-0.15, -0.1) is 0 Å². The second kappa shape index (κ2) is 9.61. The molecule has 0 bridgehead atoms. The Morgan fingerprint density at radius 2 is 1.73 bits per heavy atom. The van der Waals surface area contributed by atoms with E-state index in [2.05, 4.69) is 21.4 Å². The maximum Gasteiger partial charge on any atom is 0.303 e. The third-order valence-corrected chi connectivity index (χ3v) is 4.80. The highest BCUT2D eigenvalue weighted by atomic mass is 16.4. The van der Waals surface area contributed by atoms with E-state index >= 15 is 0 Å². The first-order valence-electron chi connectivity index (χ1n) is 9.76. The number of hydrogen-bond donors (Lipinski definition) is 2. The second-order valence-electron chi connectivity index (χ2n) is 7.04. The molecule has 0 spiro atoms. The fourth-order valence-electron chi connectivity index (χ4n) is 3.16. The van der Waals surface area contributed by atoms with Crippen molar-refractivity contribution in [3.63, 3.8) is 0 Å². The Hall–Kier alpha value is -3.79. The van der Waals surface area contributed by atoms with Gasteiger partial charge in [0.25, 0.3) is 5.91 Å². The summed E-state index contributed by atoms with van der Waals surface area (Å²) in [5.74, 6) is -1.17. The topological polar surface area (TPSA) is 116 Å². The molecule has 1 heterocycles. The van der Waals surface area contributed by atoms with Crippen molar-refractivity contribution in [2.45, 2.75) is 38.6 Å². The summed E-state index contributed by atoms with van der Waals surface area (Å²) in [5, 5.41) is 20.7. The molecule has 1 aromatic heterocycles. The average molecular weight is 402 g/mol. The minimum atomic E-state index is -0.839. The zero-order valence-corrected chi connectivity index (χ0v) is 16.6. The van der Waals surface area contributed by atoms with Gasteiger partial charge in [0, 0.05) is 6.42 Å². The number of rotatable bonds is 8. The summed E-state index contributed by atoms with van der Waals surface area (Å²) in [6.45, 7) is 1.86. The first kappa shape index (κ1) is 20.9. The molecule has 1 amide bonds. The first-order chi connectivity index (χ1) is 14.5. The minimum Gasteiger partial charge on any atom is -0.481 e. The van der Waals surface area contributed by atoms with Gasteiger partial charge in [0.1, 0.15) is 5.69 Å². The number of amides is 1. The van der Waals surface area contributed by atoms with Gasteiger partial charge in [-0.25, -0.2) is 9.97 Å². The van der Waals surface area contributed by atoms with Crippen LogP contribution in [0.3, 0.4) is 0 Å². The monoisotopic (exact) mass is 402 g/mol. The van der Waals surface area contributed by atoms with Gasteiger partial charge in [-0.05, 0) is 56.0 Å². The Labute approximate surface area is 174 Å². The van der Waals surface area contributed by atoms with E-state index in [0.29, 0.717) is 41.6 Å². The molecule has 0 radical (unpaired) electrons. The van der Waals surface area contributed by atoms with Crippen molar-refractivity contribution in [1.29, 1.82) is 5.26 Å². The molecule has 3 aromatic rings. The van der Waals surface area contributed by atoms with E-state index in [1.165, 1.54) is 0 Å². The number of aromatic nitrogens is 2. The van der Waals surface area contributed by atoms with Crippen molar-refractivity contribution in [1.82, 2.24) is 15.3 Å². The highest BCUT2D eigenvalue weighted by molar-refractivity contribution is 5.95. The zero-order valence-electron chi connectivity index (χ0n) is 16.6. The molecule has 2 aromatic carbocycles. The van der Waals surface area contributed by atoms with Gasteiger partial charge in [-0.2, -0.15) is 5.26 Å². The predicted octanol–water partition coefficient (Wildman–Crippen LogP) is 3.79. The van der Waals surface area contributed by atoms with E-state index in [4.69, 9.17) is 10.4 Å². The van der Waals surface area contributed by atoms with Crippen LogP contribution in [0.25, 0.3) is 11.0 Å². The third-order valence-electron chi connectivity index (χ3n) is 4.80. The number of aryl methyl sites for hydroxylation is 1. The average Bonchev–Trinajstić information content (AvgIpc) is 2.76. The number of carboxylic acid groups (broad SMARTS) is 1. The molecule has 0 aliphatic heterocycles. The first-order valence-corrected chi connectivity index (χ1v) is 9.76. The molecule has 3 rings (SSSR count). The van der Waals surface area contributed by atoms with E-state index in [1.807, 2.05) is 37.3 Å². The Morgan fingerprint density at radius 1 is 1.07 bits per heavy atom. The van der Waals surface area contributed by atoms with Crippen LogP contribution in [0.15, 0.2) is 48.5 Å². The molecule has 0 fully saturated rings. The summed E-state index contributed by atoms with van der Waals surface area (Å²) in [6.07, 6.45) is 1.66. The number of nitrogens with one attached hydrogen (secondary N) is 1. The molecule has 7 nitrogen and oxygen atoms in total. The summed E-state index contributed by atoms with van der Waals surface area (Å²) in [7, 11) is 0. The molecule has 0 saturated heterocycles. The number of para-hydroxylation sites is 2. The summed E-state index contributed by atoms with van der Waals surface area (Å²) >= 11 is 0. The maximum absolute atomic E-state index is 13.0. The maximum atomic E-state index is 13.0. The molecule has 0 aliphatic carbocycles. The fraction of sp³-hybridized carbons (Fsp3) is 0.261. The Balaban J connectivity index is 1.82. The highest BCUT2D eigenvalue weighted by Crippen LogP contribution is 2.18. The summed E-state index contributed by atoms with van der Waals surface area (Å²) in [6, 6.07) is 16.2. The molecule has 0 saturated carbocycles. The van der Waals surface area contributed by atoms with Crippen LogP contribution in [0.5, 0.6) is 0 Å². The molecule has 2 N–H and O–H groups in total. The molecule has 1 atom stereocenters. The number of nitrogens with zero attached hydrogens (tertiary/aromatic N) is 3.